The van der Waals surface area contributed by atoms with E-state index in [4.69, 9.17) is 0 Å². The van der Waals surface area contributed by atoms with Crippen LogP contribution >= 0.6 is 0 Å². The van der Waals surface area contributed by atoms with Crippen LogP contribution in [0.5, 0.6) is 0 Å². The molecule has 0 saturated heterocycles. The summed E-state index contributed by atoms with van der Waals surface area (Å²) in [6.07, 6.45) is 3.68. The van der Waals surface area contributed by atoms with Gasteiger partial charge in [0.25, 0.3) is 0 Å². The van der Waals surface area contributed by atoms with Gasteiger partial charge in [-0.3, -0.25) is 0 Å². The van der Waals surface area contributed by atoms with Crippen LogP contribution in [0.1, 0.15) is 60.3 Å². The van der Waals surface area contributed by atoms with Crippen molar-refractivity contribution in [3.63, 3.8) is 0 Å². The summed E-state index contributed by atoms with van der Waals surface area (Å²) in [4.78, 5) is 0. The van der Waals surface area contributed by atoms with Crippen molar-refractivity contribution in [1.29, 1.82) is 5.26 Å². The third-order valence-corrected chi connectivity index (χ3v) is 2.28. The van der Waals surface area contributed by atoms with Gasteiger partial charge in [0.2, 0.25) is 0 Å². The van der Waals surface area contributed by atoms with Crippen LogP contribution in [-0.4, -0.2) is 11.1 Å². The number of nitriles is 1. The summed E-state index contributed by atoms with van der Waals surface area (Å²) in [5.41, 5.74) is -0.785. The van der Waals surface area contributed by atoms with Gasteiger partial charge in [-0.2, -0.15) is 15.5 Å². The van der Waals surface area contributed by atoms with Crippen molar-refractivity contribution in [3.8, 4) is 6.07 Å². The average molecular weight is 209 g/mol. The van der Waals surface area contributed by atoms with Crippen LogP contribution in [0.4, 0.5) is 0 Å². The van der Waals surface area contributed by atoms with Crippen molar-refractivity contribution in [2.45, 2.75) is 71.4 Å². The maximum absolute atomic E-state index is 9.20. The van der Waals surface area contributed by atoms with Gasteiger partial charge in [0.1, 0.15) is 0 Å². The van der Waals surface area contributed by atoms with Crippen molar-refractivity contribution < 1.29 is 0 Å². The fraction of sp³-hybridized carbons (Fsp3) is 0.917. The third-order valence-electron chi connectivity index (χ3n) is 2.28. The molecule has 1 atom stereocenters. The number of unbranched alkanes of at least 4 members (excludes halogenated alkanes) is 1. The first-order valence-electron chi connectivity index (χ1n) is 5.74. The molecule has 86 valence electrons. The lowest BCUT2D eigenvalue weighted by molar-refractivity contribution is 0.411. The Hall–Kier alpha value is -0.910. The zero-order valence-electron chi connectivity index (χ0n) is 10.7. The first-order chi connectivity index (χ1) is 6.89. The van der Waals surface area contributed by atoms with Crippen LogP contribution in [0, 0.1) is 11.3 Å². The Morgan fingerprint density at radius 3 is 2.07 bits per heavy atom. The molecule has 0 bridgehead atoms. The molecule has 0 aromatic heterocycles. The monoisotopic (exact) mass is 209 g/mol. The number of nitrogens with zero attached hydrogens (tertiary/aromatic N) is 3. The molecule has 3 nitrogen and oxygen atoms in total. The first kappa shape index (κ1) is 14.1. The van der Waals surface area contributed by atoms with E-state index in [0.29, 0.717) is 0 Å². The van der Waals surface area contributed by atoms with Gasteiger partial charge in [0.15, 0.2) is 5.54 Å². The molecule has 0 fully saturated rings. The van der Waals surface area contributed by atoms with Crippen molar-refractivity contribution >= 4 is 0 Å². The van der Waals surface area contributed by atoms with Crippen molar-refractivity contribution in [2.24, 2.45) is 10.2 Å². The first-order valence-corrected chi connectivity index (χ1v) is 5.74. The van der Waals surface area contributed by atoms with Gasteiger partial charge in [-0.05, 0) is 33.6 Å². The molecule has 15 heavy (non-hydrogen) atoms. The maximum atomic E-state index is 9.20. The van der Waals surface area contributed by atoms with Gasteiger partial charge in [-0.25, -0.2) is 0 Å². The lowest BCUT2D eigenvalue weighted by atomic mass is 9.92. The van der Waals surface area contributed by atoms with E-state index >= 15 is 0 Å². The second kappa shape index (κ2) is 5.85. The second-order valence-electron chi connectivity index (χ2n) is 4.97. The smallest absolute Gasteiger partial charge is 0.167 e. The Balaban J connectivity index is 4.66. The molecule has 0 amide bonds. The fourth-order valence-electron chi connectivity index (χ4n) is 1.17. The molecule has 1 unspecified atom stereocenters. The highest BCUT2D eigenvalue weighted by Gasteiger charge is 2.27. The van der Waals surface area contributed by atoms with E-state index in [1.165, 1.54) is 0 Å². The molecule has 0 aromatic carbocycles. The lowest BCUT2D eigenvalue weighted by Crippen LogP contribution is -2.24. The molecule has 0 rings (SSSR count). The Morgan fingerprint density at radius 2 is 1.73 bits per heavy atom. The van der Waals surface area contributed by atoms with Crippen LogP contribution in [0.25, 0.3) is 0 Å². The Bertz CT molecular complexity index is 245. The van der Waals surface area contributed by atoms with Gasteiger partial charge in [0.05, 0.1) is 11.6 Å². The molecule has 0 spiro atoms. The van der Waals surface area contributed by atoms with Crippen LogP contribution in [0.15, 0.2) is 10.2 Å². The Kier molecular flexibility index (Phi) is 5.49. The summed E-state index contributed by atoms with van der Waals surface area (Å²) < 4.78 is 0. The van der Waals surface area contributed by atoms with Crippen LogP contribution in [0.2, 0.25) is 0 Å². The molecule has 0 aromatic rings. The molecule has 0 aliphatic carbocycles. The number of azo groups is 1. The summed E-state index contributed by atoms with van der Waals surface area (Å²) in [7, 11) is 0. The minimum Gasteiger partial charge on any atom is -0.196 e. The van der Waals surface area contributed by atoms with E-state index in [-0.39, 0.29) is 5.54 Å². The van der Waals surface area contributed by atoms with E-state index in [9.17, 15) is 5.26 Å². The summed E-state index contributed by atoms with van der Waals surface area (Å²) >= 11 is 0. The van der Waals surface area contributed by atoms with Gasteiger partial charge >= 0.3 is 0 Å². The minimum atomic E-state index is -0.594. The number of rotatable bonds is 5. The van der Waals surface area contributed by atoms with E-state index in [1.807, 2.05) is 27.7 Å². The molecular formula is C12H23N3. The van der Waals surface area contributed by atoms with Crippen LogP contribution in [-0.2, 0) is 0 Å². The summed E-state index contributed by atoms with van der Waals surface area (Å²) in [5, 5.41) is 17.7. The molecule has 0 N–H and O–H groups in total. The topological polar surface area (TPSA) is 48.5 Å². The summed E-state index contributed by atoms with van der Waals surface area (Å²) in [5.74, 6) is 0. The molecule has 0 saturated carbocycles. The summed E-state index contributed by atoms with van der Waals surface area (Å²) in [6.45, 7) is 10.1. The molecule has 0 radical (unpaired) electrons. The quantitative estimate of drug-likeness (QED) is 0.629. The lowest BCUT2D eigenvalue weighted by Gasteiger charge is -2.20. The van der Waals surface area contributed by atoms with E-state index in [1.54, 1.807) is 0 Å². The standard InChI is InChI=1S/C12H23N3/c1-6-8-9-12(7-2,10-13)15-14-11(3,4)5/h6-9H2,1-5H3/b15-14+. The minimum absolute atomic E-state index is 0.191. The van der Waals surface area contributed by atoms with E-state index < -0.39 is 5.54 Å². The Morgan fingerprint density at radius 1 is 1.13 bits per heavy atom. The van der Waals surface area contributed by atoms with Crippen LogP contribution in [0.3, 0.4) is 0 Å². The second-order valence-corrected chi connectivity index (χ2v) is 4.97. The van der Waals surface area contributed by atoms with Crippen molar-refractivity contribution in [3.05, 3.63) is 0 Å². The average Bonchev–Trinajstić information content (AvgIpc) is 2.18. The molecule has 3 heteroatoms. The van der Waals surface area contributed by atoms with Gasteiger partial charge in [0, 0.05) is 0 Å². The molecule has 0 aliphatic rings. The van der Waals surface area contributed by atoms with Crippen molar-refractivity contribution in [2.75, 3.05) is 0 Å². The highest BCUT2D eigenvalue weighted by Crippen LogP contribution is 2.24. The number of hydrogen-bond acceptors (Lipinski definition) is 3. The zero-order chi connectivity index (χ0) is 11.9. The normalized spacial score (nSPS) is 16.3. The van der Waals surface area contributed by atoms with Crippen molar-refractivity contribution in [1.82, 2.24) is 0 Å². The summed E-state index contributed by atoms with van der Waals surface area (Å²) in [6, 6.07) is 2.31. The zero-order valence-corrected chi connectivity index (χ0v) is 10.7. The molecular weight excluding hydrogens is 186 g/mol. The largest absolute Gasteiger partial charge is 0.196 e. The molecule has 0 heterocycles. The fourth-order valence-corrected chi connectivity index (χ4v) is 1.17. The van der Waals surface area contributed by atoms with E-state index in [2.05, 4.69) is 23.2 Å². The highest BCUT2D eigenvalue weighted by molar-refractivity contribution is 5.05. The van der Waals surface area contributed by atoms with Gasteiger partial charge in [-0.1, -0.05) is 26.7 Å². The van der Waals surface area contributed by atoms with Gasteiger partial charge in [-0.15, -0.1) is 0 Å². The van der Waals surface area contributed by atoms with E-state index in [0.717, 1.165) is 25.7 Å². The highest BCUT2D eigenvalue weighted by atomic mass is 15.2. The Labute approximate surface area is 93.6 Å². The predicted molar refractivity (Wildman–Crippen MR) is 62.8 cm³/mol. The number of hydrogen-bond donors (Lipinski definition) is 0. The molecule has 0 aliphatic heterocycles. The third kappa shape index (κ3) is 5.51. The maximum Gasteiger partial charge on any atom is 0.167 e. The SMILES string of the molecule is CCCCC(C#N)(CC)/N=N/C(C)(C)C. The predicted octanol–water partition coefficient (Wildman–Crippen LogP) is 4.10. The van der Waals surface area contributed by atoms with Crippen LogP contribution < -0.4 is 0 Å². The van der Waals surface area contributed by atoms with Gasteiger partial charge < -0.3 is 0 Å².